The normalized spacial score (nSPS) is 12.9. The van der Waals surface area contributed by atoms with Crippen LogP contribution in [0.1, 0.15) is 29.7 Å². The highest BCUT2D eigenvalue weighted by Gasteiger charge is 2.12. The van der Waals surface area contributed by atoms with Crippen LogP contribution in [0.5, 0.6) is 0 Å². The first-order chi connectivity index (χ1) is 7.13. The lowest BCUT2D eigenvalue weighted by atomic mass is 10.0. The molecule has 0 aliphatic heterocycles. The summed E-state index contributed by atoms with van der Waals surface area (Å²) < 4.78 is 6.10. The first kappa shape index (κ1) is 12.6. The molecule has 4 heteroatoms. The monoisotopic (exact) mass is 274 g/mol. The number of aliphatic hydroxyl groups excluding tert-OH is 2. The van der Waals surface area contributed by atoms with Gasteiger partial charge in [-0.2, -0.15) is 0 Å². The van der Waals surface area contributed by atoms with Gasteiger partial charge in [-0.05, 0) is 35.7 Å². The molecular formula is C11H15BrO3. The maximum Gasteiger partial charge on any atom is 0.0804 e. The Morgan fingerprint density at radius 1 is 1.27 bits per heavy atom. The molecule has 84 valence electrons. The van der Waals surface area contributed by atoms with Gasteiger partial charge in [-0.1, -0.05) is 15.9 Å². The number of hydrogen-bond donors (Lipinski definition) is 2. The predicted octanol–water partition coefficient (Wildman–Crippen LogP) is 2.14. The van der Waals surface area contributed by atoms with Crippen LogP contribution in [-0.4, -0.2) is 17.3 Å². The number of ether oxygens (including phenoxy) is 1. The second kappa shape index (κ2) is 5.61. The van der Waals surface area contributed by atoms with Crippen molar-refractivity contribution in [3.63, 3.8) is 0 Å². The van der Waals surface area contributed by atoms with E-state index in [-0.39, 0.29) is 19.3 Å². The van der Waals surface area contributed by atoms with Gasteiger partial charge in [0.25, 0.3) is 0 Å². The Hall–Kier alpha value is -0.420. The molecule has 1 unspecified atom stereocenters. The van der Waals surface area contributed by atoms with Gasteiger partial charge in [-0.25, -0.2) is 0 Å². The van der Waals surface area contributed by atoms with Crippen LogP contribution in [0.2, 0.25) is 0 Å². The average molecular weight is 275 g/mol. The summed E-state index contributed by atoms with van der Waals surface area (Å²) >= 11 is 3.42. The zero-order valence-electron chi connectivity index (χ0n) is 8.83. The van der Waals surface area contributed by atoms with Crippen molar-refractivity contribution in [1.29, 1.82) is 0 Å². The molecule has 0 bridgehead atoms. The summed E-state index contributed by atoms with van der Waals surface area (Å²) in [5, 5.41) is 18.2. The molecule has 0 amide bonds. The third-order valence-corrected chi connectivity index (χ3v) is 3.14. The van der Waals surface area contributed by atoms with E-state index in [9.17, 15) is 0 Å². The molecule has 3 nitrogen and oxygen atoms in total. The van der Waals surface area contributed by atoms with E-state index in [1.807, 2.05) is 19.1 Å². The van der Waals surface area contributed by atoms with Crippen LogP contribution in [0, 0.1) is 0 Å². The van der Waals surface area contributed by atoms with E-state index in [0.717, 1.165) is 21.2 Å². The van der Waals surface area contributed by atoms with Crippen molar-refractivity contribution >= 4 is 15.9 Å². The lowest BCUT2D eigenvalue weighted by Crippen LogP contribution is -2.02. The van der Waals surface area contributed by atoms with Crippen LogP contribution in [0.15, 0.2) is 16.6 Å². The highest BCUT2D eigenvalue weighted by atomic mass is 79.9. The summed E-state index contributed by atoms with van der Waals surface area (Å²) in [5.41, 5.74) is 2.44. The first-order valence-electron chi connectivity index (χ1n) is 4.69. The predicted molar refractivity (Wildman–Crippen MR) is 61.4 cm³/mol. The molecule has 0 aromatic heterocycles. The van der Waals surface area contributed by atoms with Crippen molar-refractivity contribution in [2.75, 3.05) is 7.11 Å². The van der Waals surface area contributed by atoms with E-state index in [4.69, 9.17) is 14.9 Å². The molecular weight excluding hydrogens is 260 g/mol. The second-order valence-corrected chi connectivity index (χ2v) is 4.19. The molecule has 0 spiro atoms. The van der Waals surface area contributed by atoms with Gasteiger partial charge in [0.05, 0.1) is 19.3 Å². The molecule has 0 aliphatic carbocycles. The summed E-state index contributed by atoms with van der Waals surface area (Å²) in [6.07, 6.45) is -0.0441. The Kier molecular flexibility index (Phi) is 4.73. The molecule has 2 N–H and O–H groups in total. The Labute approximate surface area is 97.8 Å². The number of aliphatic hydroxyl groups is 2. The van der Waals surface area contributed by atoms with Crippen molar-refractivity contribution in [2.45, 2.75) is 26.2 Å². The zero-order valence-corrected chi connectivity index (χ0v) is 10.4. The molecule has 0 radical (unpaired) electrons. The van der Waals surface area contributed by atoms with Gasteiger partial charge in [0.2, 0.25) is 0 Å². The molecule has 0 saturated heterocycles. The fraction of sp³-hybridized carbons (Fsp3) is 0.455. The van der Waals surface area contributed by atoms with E-state index >= 15 is 0 Å². The Bertz CT molecular complexity index is 339. The molecule has 15 heavy (non-hydrogen) atoms. The third kappa shape index (κ3) is 2.78. The molecule has 1 aromatic rings. The van der Waals surface area contributed by atoms with Crippen molar-refractivity contribution in [2.24, 2.45) is 0 Å². The Morgan fingerprint density at radius 2 is 1.80 bits per heavy atom. The molecule has 1 aromatic carbocycles. The van der Waals surface area contributed by atoms with Crippen molar-refractivity contribution in [3.8, 4) is 0 Å². The lowest BCUT2D eigenvalue weighted by Gasteiger charge is -2.15. The summed E-state index contributed by atoms with van der Waals surface area (Å²) in [5.74, 6) is 0. The number of benzene rings is 1. The minimum Gasteiger partial charge on any atom is -0.392 e. The maximum atomic E-state index is 9.15. The molecule has 1 atom stereocenters. The number of hydrogen-bond acceptors (Lipinski definition) is 3. The Balaban J connectivity index is 3.19. The van der Waals surface area contributed by atoms with Gasteiger partial charge in [0, 0.05) is 11.6 Å². The SMILES string of the molecule is COC(C)c1cc(CO)c(CO)cc1Br. The standard InChI is InChI=1S/C11H15BrO3/c1-7(15-2)10-3-8(5-13)9(6-14)4-11(10)12/h3-4,7,13-14H,5-6H2,1-2H3. The zero-order chi connectivity index (χ0) is 11.4. The fourth-order valence-electron chi connectivity index (χ4n) is 1.41. The van der Waals surface area contributed by atoms with E-state index < -0.39 is 0 Å². The van der Waals surface area contributed by atoms with E-state index in [1.165, 1.54) is 0 Å². The van der Waals surface area contributed by atoms with Crippen LogP contribution in [-0.2, 0) is 18.0 Å². The minimum atomic E-state index is -0.0768. The lowest BCUT2D eigenvalue weighted by molar-refractivity contribution is 0.118. The highest BCUT2D eigenvalue weighted by Crippen LogP contribution is 2.28. The van der Waals surface area contributed by atoms with Gasteiger partial charge in [0.15, 0.2) is 0 Å². The molecule has 0 aliphatic rings. The van der Waals surface area contributed by atoms with Crippen LogP contribution in [0.25, 0.3) is 0 Å². The van der Waals surface area contributed by atoms with Crippen molar-refractivity contribution < 1.29 is 14.9 Å². The minimum absolute atomic E-state index is 0.0441. The first-order valence-corrected chi connectivity index (χ1v) is 5.49. The molecule has 0 saturated carbocycles. The van der Waals surface area contributed by atoms with Gasteiger partial charge in [-0.15, -0.1) is 0 Å². The van der Waals surface area contributed by atoms with E-state index in [2.05, 4.69) is 15.9 Å². The summed E-state index contributed by atoms with van der Waals surface area (Å²) in [7, 11) is 1.63. The van der Waals surface area contributed by atoms with Gasteiger partial charge in [0.1, 0.15) is 0 Å². The van der Waals surface area contributed by atoms with Crippen molar-refractivity contribution in [1.82, 2.24) is 0 Å². The van der Waals surface area contributed by atoms with Crippen LogP contribution >= 0.6 is 15.9 Å². The van der Waals surface area contributed by atoms with E-state index in [1.54, 1.807) is 7.11 Å². The number of methoxy groups -OCH3 is 1. The quantitative estimate of drug-likeness (QED) is 0.885. The van der Waals surface area contributed by atoms with Crippen LogP contribution in [0.3, 0.4) is 0 Å². The topological polar surface area (TPSA) is 49.7 Å². The fourth-order valence-corrected chi connectivity index (χ4v) is 2.12. The second-order valence-electron chi connectivity index (χ2n) is 3.34. The van der Waals surface area contributed by atoms with Crippen LogP contribution < -0.4 is 0 Å². The summed E-state index contributed by atoms with van der Waals surface area (Å²) in [6, 6.07) is 3.67. The number of halogens is 1. The summed E-state index contributed by atoms with van der Waals surface area (Å²) in [4.78, 5) is 0. The smallest absolute Gasteiger partial charge is 0.0804 e. The molecule has 0 fully saturated rings. The van der Waals surface area contributed by atoms with Crippen LogP contribution in [0.4, 0.5) is 0 Å². The summed E-state index contributed by atoms with van der Waals surface area (Å²) in [6.45, 7) is 1.78. The largest absolute Gasteiger partial charge is 0.392 e. The average Bonchev–Trinajstić information content (AvgIpc) is 2.27. The number of rotatable bonds is 4. The maximum absolute atomic E-state index is 9.15. The third-order valence-electron chi connectivity index (χ3n) is 2.45. The van der Waals surface area contributed by atoms with E-state index in [0.29, 0.717) is 0 Å². The van der Waals surface area contributed by atoms with Crippen molar-refractivity contribution in [3.05, 3.63) is 33.3 Å². The van der Waals surface area contributed by atoms with Gasteiger partial charge >= 0.3 is 0 Å². The highest BCUT2D eigenvalue weighted by molar-refractivity contribution is 9.10. The Morgan fingerprint density at radius 3 is 2.27 bits per heavy atom. The molecule has 0 heterocycles. The van der Waals surface area contributed by atoms with Gasteiger partial charge < -0.3 is 14.9 Å². The molecule has 1 rings (SSSR count). The van der Waals surface area contributed by atoms with Gasteiger partial charge in [-0.3, -0.25) is 0 Å².